The van der Waals surface area contributed by atoms with Crippen LogP contribution in [-0.2, 0) is 0 Å². The van der Waals surface area contributed by atoms with Crippen LogP contribution in [0.2, 0.25) is 0 Å². The van der Waals surface area contributed by atoms with Crippen LogP contribution in [-0.4, -0.2) is 62.7 Å². The Hall–Kier alpha value is -0.120. The summed E-state index contributed by atoms with van der Waals surface area (Å²) in [6.07, 6.45) is 4.11. The molecule has 0 radical (unpaired) electrons. The predicted octanol–water partition coefficient (Wildman–Crippen LogP) is 2.67. The Morgan fingerprint density at radius 3 is 2.15 bits per heavy atom. The molecular weight excluding hydrogens is 246 g/mol. The molecule has 0 spiro atoms. The van der Waals surface area contributed by atoms with Crippen LogP contribution in [0.1, 0.15) is 47.0 Å². The van der Waals surface area contributed by atoms with Gasteiger partial charge in [0.1, 0.15) is 0 Å². The average Bonchev–Trinajstić information content (AvgIpc) is 2.21. The Kier molecular flexibility index (Phi) is 6.49. The lowest BCUT2D eigenvalue weighted by atomic mass is 9.75. The zero-order valence-electron chi connectivity index (χ0n) is 14.9. The van der Waals surface area contributed by atoms with Crippen LogP contribution in [0.15, 0.2) is 0 Å². The SMILES string of the molecule is CC(C)CNCC(C)(C)CN(C)CC1(N(C)C)CCC1. The minimum Gasteiger partial charge on any atom is -0.316 e. The Morgan fingerprint density at radius 1 is 1.15 bits per heavy atom. The van der Waals surface area contributed by atoms with Crippen molar-refractivity contribution >= 4 is 0 Å². The van der Waals surface area contributed by atoms with Crippen molar-refractivity contribution in [2.75, 3.05) is 47.3 Å². The normalized spacial score (nSPS) is 18.9. The second-order valence-corrected chi connectivity index (χ2v) is 8.33. The largest absolute Gasteiger partial charge is 0.316 e. The van der Waals surface area contributed by atoms with E-state index in [-0.39, 0.29) is 0 Å². The van der Waals surface area contributed by atoms with Gasteiger partial charge in [-0.05, 0) is 58.3 Å². The van der Waals surface area contributed by atoms with E-state index in [0.29, 0.717) is 11.0 Å². The standard InChI is InChI=1S/C17H37N3/c1-15(2)11-18-12-16(3,4)13-20(7)14-17(19(5)6)9-8-10-17/h15,18H,8-14H2,1-7H3. The van der Waals surface area contributed by atoms with Gasteiger partial charge >= 0.3 is 0 Å². The zero-order chi connectivity index (χ0) is 15.4. The molecule has 0 aromatic carbocycles. The maximum absolute atomic E-state index is 3.61. The molecule has 1 aliphatic rings. The molecule has 1 N–H and O–H groups in total. The molecule has 0 unspecified atom stereocenters. The quantitative estimate of drug-likeness (QED) is 0.702. The van der Waals surface area contributed by atoms with Gasteiger partial charge in [0.15, 0.2) is 0 Å². The molecule has 0 aliphatic heterocycles. The topological polar surface area (TPSA) is 18.5 Å². The highest BCUT2D eigenvalue weighted by molar-refractivity contribution is 4.98. The molecule has 0 heterocycles. The van der Waals surface area contributed by atoms with Gasteiger partial charge < -0.3 is 15.1 Å². The maximum Gasteiger partial charge on any atom is 0.0330 e. The van der Waals surface area contributed by atoms with Gasteiger partial charge in [-0.3, -0.25) is 0 Å². The van der Waals surface area contributed by atoms with E-state index in [0.717, 1.165) is 25.6 Å². The second-order valence-electron chi connectivity index (χ2n) is 8.33. The van der Waals surface area contributed by atoms with E-state index in [1.54, 1.807) is 0 Å². The zero-order valence-corrected chi connectivity index (χ0v) is 14.9. The summed E-state index contributed by atoms with van der Waals surface area (Å²) in [4.78, 5) is 4.98. The summed E-state index contributed by atoms with van der Waals surface area (Å²) in [6.45, 7) is 13.9. The molecule has 0 amide bonds. The first-order chi connectivity index (χ1) is 9.17. The van der Waals surface area contributed by atoms with E-state index in [1.807, 2.05) is 0 Å². The van der Waals surface area contributed by atoms with Crippen LogP contribution in [0, 0.1) is 11.3 Å². The van der Waals surface area contributed by atoms with Gasteiger partial charge in [-0.25, -0.2) is 0 Å². The third-order valence-electron chi connectivity index (χ3n) is 4.65. The number of nitrogens with zero attached hydrogens (tertiary/aromatic N) is 2. The number of likely N-dealkylation sites (N-methyl/N-ethyl adjacent to an activating group) is 2. The second kappa shape index (κ2) is 7.24. The van der Waals surface area contributed by atoms with Gasteiger partial charge in [0.2, 0.25) is 0 Å². The van der Waals surface area contributed by atoms with E-state index in [4.69, 9.17) is 0 Å². The molecule has 0 atom stereocenters. The van der Waals surface area contributed by atoms with Crippen molar-refractivity contribution in [1.29, 1.82) is 0 Å². The summed E-state index contributed by atoms with van der Waals surface area (Å²) < 4.78 is 0. The molecule has 120 valence electrons. The Labute approximate surface area is 127 Å². The fourth-order valence-electron chi connectivity index (χ4n) is 3.38. The number of hydrogen-bond acceptors (Lipinski definition) is 3. The van der Waals surface area contributed by atoms with E-state index < -0.39 is 0 Å². The fourth-order valence-corrected chi connectivity index (χ4v) is 3.38. The van der Waals surface area contributed by atoms with Crippen LogP contribution in [0.5, 0.6) is 0 Å². The first kappa shape index (κ1) is 17.9. The van der Waals surface area contributed by atoms with Gasteiger partial charge in [-0.1, -0.05) is 27.7 Å². The molecule has 1 fully saturated rings. The third kappa shape index (κ3) is 5.34. The van der Waals surface area contributed by atoms with Crippen LogP contribution < -0.4 is 5.32 Å². The number of rotatable bonds is 9. The van der Waals surface area contributed by atoms with Crippen LogP contribution >= 0.6 is 0 Å². The van der Waals surface area contributed by atoms with Crippen molar-refractivity contribution in [2.24, 2.45) is 11.3 Å². The highest BCUT2D eigenvalue weighted by Crippen LogP contribution is 2.37. The van der Waals surface area contributed by atoms with E-state index in [2.05, 4.69) is 64.0 Å². The van der Waals surface area contributed by atoms with Crippen LogP contribution in [0.3, 0.4) is 0 Å². The lowest BCUT2D eigenvalue weighted by molar-refractivity contribution is 0.0188. The Balaban J connectivity index is 2.38. The molecule has 1 saturated carbocycles. The van der Waals surface area contributed by atoms with Crippen molar-refractivity contribution in [1.82, 2.24) is 15.1 Å². The molecule has 20 heavy (non-hydrogen) atoms. The van der Waals surface area contributed by atoms with E-state index in [9.17, 15) is 0 Å². The van der Waals surface area contributed by atoms with Gasteiger partial charge in [0.25, 0.3) is 0 Å². The van der Waals surface area contributed by atoms with Crippen molar-refractivity contribution in [3.63, 3.8) is 0 Å². The molecular formula is C17H37N3. The summed E-state index contributed by atoms with van der Waals surface area (Å²) in [6, 6.07) is 0. The molecule has 3 nitrogen and oxygen atoms in total. The van der Waals surface area contributed by atoms with Crippen LogP contribution in [0.25, 0.3) is 0 Å². The van der Waals surface area contributed by atoms with Gasteiger partial charge in [0, 0.05) is 25.2 Å². The van der Waals surface area contributed by atoms with Crippen molar-refractivity contribution in [3.05, 3.63) is 0 Å². The highest BCUT2D eigenvalue weighted by Gasteiger charge is 2.40. The summed E-state index contributed by atoms with van der Waals surface area (Å²) in [5, 5.41) is 3.61. The van der Waals surface area contributed by atoms with E-state index >= 15 is 0 Å². The molecule has 0 saturated heterocycles. The van der Waals surface area contributed by atoms with Gasteiger partial charge in [0.05, 0.1) is 0 Å². The average molecular weight is 284 g/mol. The molecule has 0 aromatic rings. The first-order valence-corrected chi connectivity index (χ1v) is 8.24. The van der Waals surface area contributed by atoms with Crippen molar-refractivity contribution in [3.8, 4) is 0 Å². The minimum atomic E-state index is 0.334. The molecule has 3 heteroatoms. The molecule has 1 rings (SSSR count). The summed E-state index contributed by atoms with van der Waals surface area (Å²) in [5.41, 5.74) is 0.775. The Bertz CT molecular complexity index is 280. The maximum atomic E-state index is 3.61. The number of hydrogen-bond donors (Lipinski definition) is 1. The smallest absolute Gasteiger partial charge is 0.0330 e. The van der Waals surface area contributed by atoms with Crippen molar-refractivity contribution in [2.45, 2.75) is 52.5 Å². The molecule has 0 aromatic heterocycles. The summed E-state index contributed by atoms with van der Waals surface area (Å²) in [7, 11) is 6.76. The molecule has 1 aliphatic carbocycles. The fraction of sp³-hybridized carbons (Fsp3) is 1.00. The van der Waals surface area contributed by atoms with Crippen molar-refractivity contribution < 1.29 is 0 Å². The summed E-state index contributed by atoms with van der Waals surface area (Å²) in [5.74, 6) is 0.732. The monoisotopic (exact) mass is 283 g/mol. The summed E-state index contributed by atoms with van der Waals surface area (Å²) >= 11 is 0. The minimum absolute atomic E-state index is 0.334. The molecule has 0 bridgehead atoms. The highest BCUT2D eigenvalue weighted by atomic mass is 15.2. The van der Waals surface area contributed by atoms with E-state index in [1.165, 1.54) is 25.8 Å². The van der Waals surface area contributed by atoms with Gasteiger partial charge in [-0.15, -0.1) is 0 Å². The lowest BCUT2D eigenvalue weighted by Gasteiger charge is -2.50. The number of nitrogens with one attached hydrogen (secondary N) is 1. The third-order valence-corrected chi connectivity index (χ3v) is 4.65. The van der Waals surface area contributed by atoms with Gasteiger partial charge in [-0.2, -0.15) is 0 Å². The lowest BCUT2D eigenvalue weighted by Crippen LogP contribution is -2.57. The van der Waals surface area contributed by atoms with Crippen LogP contribution in [0.4, 0.5) is 0 Å². The Morgan fingerprint density at radius 2 is 1.75 bits per heavy atom. The first-order valence-electron chi connectivity index (χ1n) is 8.24. The predicted molar refractivity (Wildman–Crippen MR) is 89.3 cm³/mol.